The number of rotatable bonds is 10. The summed E-state index contributed by atoms with van der Waals surface area (Å²) >= 11 is 0. The molecule has 8 nitrogen and oxygen atoms in total. The first-order chi connectivity index (χ1) is 17.4. The number of methoxy groups -OCH3 is 1. The first kappa shape index (κ1) is 25.0. The van der Waals surface area contributed by atoms with E-state index in [1.807, 2.05) is 24.3 Å². The molecule has 4 aromatic rings. The van der Waals surface area contributed by atoms with Crippen LogP contribution in [0.3, 0.4) is 0 Å². The monoisotopic (exact) mass is 491 g/mol. The summed E-state index contributed by atoms with van der Waals surface area (Å²) < 4.78 is 19.4. The van der Waals surface area contributed by atoms with Crippen LogP contribution in [-0.2, 0) is 17.8 Å². The number of aryl methyl sites for hydroxylation is 2. The molecule has 0 aliphatic rings. The Morgan fingerprint density at radius 3 is 2.33 bits per heavy atom. The molecule has 0 bridgehead atoms. The molecule has 0 radical (unpaired) electrons. The minimum atomic E-state index is -1.14. The molecule has 9 heteroatoms. The second-order valence-electron chi connectivity index (χ2n) is 8.52. The third kappa shape index (κ3) is 5.58. The van der Waals surface area contributed by atoms with Crippen LogP contribution < -0.4 is 10.3 Å². The van der Waals surface area contributed by atoms with Crippen molar-refractivity contribution in [3.8, 4) is 16.9 Å². The van der Waals surface area contributed by atoms with Gasteiger partial charge in [-0.3, -0.25) is 9.59 Å². The summed E-state index contributed by atoms with van der Waals surface area (Å²) in [5.74, 6) is -2.08. The molecule has 0 fully saturated rings. The van der Waals surface area contributed by atoms with Gasteiger partial charge in [0.2, 0.25) is 0 Å². The van der Waals surface area contributed by atoms with Crippen molar-refractivity contribution >= 4 is 16.9 Å². The van der Waals surface area contributed by atoms with Gasteiger partial charge < -0.3 is 14.9 Å². The van der Waals surface area contributed by atoms with Crippen molar-refractivity contribution in [1.29, 1.82) is 0 Å². The third-order valence-corrected chi connectivity index (χ3v) is 6.23. The van der Waals surface area contributed by atoms with Crippen molar-refractivity contribution in [3.63, 3.8) is 0 Å². The first-order valence-corrected chi connectivity index (χ1v) is 11.5. The highest BCUT2D eigenvalue weighted by Gasteiger charge is 2.26. The number of benzene rings is 3. The van der Waals surface area contributed by atoms with E-state index in [0.29, 0.717) is 23.1 Å². The zero-order chi connectivity index (χ0) is 25.7. The molecule has 1 heterocycles. The lowest BCUT2D eigenvalue weighted by Crippen LogP contribution is -2.32. The summed E-state index contributed by atoms with van der Waals surface area (Å²) in [7, 11) is 1.47. The predicted molar refractivity (Wildman–Crippen MR) is 132 cm³/mol. The van der Waals surface area contributed by atoms with Gasteiger partial charge in [-0.25, -0.2) is 9.07 Å². The number of hydrogen-bond acceptors (Lipinski definition) is 6. The van der Waals surface area contributed by atoms with Gasteiger partial charge in [0.15, 0.2) is 0 Å². The molecule has 0 aliphatic heterocycles. The zero-order valence-corrected chi connectivity index (χ0v) is 19.7. The maximum absolute atomic E-state index is 13.1. The number of halogens is 1. The Balaban J connectivity index is 1.39. The highest BCUT2D eigenvalue weighted by Crippen LogP contribution is 2.23. The molecule has 4 rings (SSSR count). The quantitative estimate of drug-likeness (QED) is 0.348. The van der Waals surface area contributed by atoms with Gasteiger partial charge in [0.25, 0.3) is 5.56 Å². The maximum Gasteiger partial charge on any atom is 0.309 e. The van der Waals surface area contributed by atoms with Crippen LogP contribution in [0.2, 0.25) is 0 Å². The molecular weight excluding hydrogens is 465 g/mol. The summed E-state index contributed by atoms with van der Waals surface area (Å²) in [6.07, 6.45) is -0.375. The van der Waals surface area contributed by atoms with E-state index in [9.17, 15) is 24.2 Å². The fourth-order valence-electron chi connectivity index (χ4n) is 4.15. The predicted octanol–water partition coefficient (Wildman–Crippen LogP) is 3.69. The Morgan fingerprint density at radius 1 is 1.03 bits per heavy atom. The van der Waals surface area contributed by atoms with Gasteiger partial charge in [-0.2, -0.15) is 0 Å². The van der Waals surface area contributed by atoms with Gasteiger partial charge in [-0.05, 0) is 60.2 Å². The minimum Gasteiger partial charge on any atom is -0.494 e. The molecule has 0 saturated heterocycles. The molecule has 2 N–H and O–H groups in total. The molecule has 36 heavy (non-hydrogen) atoms. The second kappa shape index (κ2) is 11.1. The number of aromatic nitrogens is 3. The summed E-state index contributed by atoms with van der Waals surface area (Å²) in [6, 6.07) is 18.8. The third-order valence-electron chi connectivity index (χ3n) is 6.23. The van der Waals surface area contributed by atoms with Crippen molar-refractivity contribution in [2.24, 2.45) is 5.92 Å². The topological polar surface area (TPSA) is 115 Å². The molecule has 0 unspecified atom stereocenters. The van der Waals surface area contributed by atoms with Crippen LogP contribution in [0.4, 0.5) is 4.39 Å². The minimum absolute atomic E-state index is 0.000618. The van der Waals surface area contributed by atoms with Crippen LogP contribution in [0, 0.1) is 11.7 Å². The van der Waals surface area contributed by atoms with E-state index in [2.05, 4.69) is 10.3 Å². The van der Waals surface area contributed by atoms with E-state index in [1.54, 1.807) is 30.3 Å². The van der Waals surface area contributed by atoms with Crippen molar-refractivity contribution in [2.45, 2.75) is 31.9 Å². The van der Waals surface area contributed by atoms with Gasteiger partial charge in [-0.1, -0.05) is 47.7 Å². The van der Waals surface area contributed by atoms with Gasteiger partial charge in [0, 0.05) is 6.54 Å². The van der Waals surface area contributed by atoms with E-state index in [0.717, 1.165) is 21.4 Å². The fraction of sp³-hybridized carbons (Fsp3) is 0.259. The Labute approximate surface area is 206 Å². The molecule has 1 aromatic heterocycles. The number of carboxylic acids is 1. The number of fused-ring (bicyclic) bond motifs is 1. The van der Waals surface area contributed by atoms with Crippen LogP contribution in [0.5, 0.6) is 5.75 Å². The average molecular weight is 492 g/mol. The number of nitrogens with zero attached hydrogens (tertiary/aromatic N) is 3. The molecule has 0 saturated carbocycles. The Bertz CT molecular complexity index is 1400. The lowest BCUT2D eigenvalue weighted by Gasteiger charge is -2.19. The number of aliphatic carboxylic acids is 1. The fourth-order valence-corrected chi connectivity index (χ4v) is 4.15. The Hall–Kier alpha value is -4.11. The van der Waals surface area contributed by atoms with Crippen molar-refractivity contribution in [3.05, 3.63) is 88.5 Å². The van der Waals surface area contributed by atoms with Crippen LogP contribution in [0.15, 0.2) is 71.5 Å². The summed E-state index contributed by atoms with van der Waals surface area (Å²) in [5.41, 5.74) is 2.69. The van der Waals surface area contributed by atoms with E-state index >= 15 is 0 Å². The molecule has 186 valence electrons. The van der Waals surface area contributed by atoms with Crippen LogP contribution >= 0.6 is 0 Å². The Morgan fingerprint density at radius 2 is 1.69 bits per heavy atom. The molecule has 0 aliphatic carbocycles. The Kier molecular flexibility index (Phi) is 7.70. The lowest BCUT2D eigenvalue weighted by atomic mass is 9.93. The lowest BCUT2D eigenvalue weighted by molar-refractivity contribution is -0.146. The first-order valence-electron chi connectivity index (χ1n) is 11.5. The largest absolute Gasteiger partial charge is 0.494 e. The van der Waals surface area contributed by atoms with Crippen LogP contribution in [-0.4, -0.2) is 44.4 Å². The summed E-state index contributed by atoms with van der Waals surface area (Å²) in [6.45, 7) is -0.000618. The van der Waals surface area contributed by atoms with Gasteiger partial charge in [-0.15, -0.1) is 5.10 Å². The van der Waals surface area contributed by atoms with E-state index < -0.39 is 23.6 Å². The normalized spacial score (nSPS) is 12.9. The van der Waals surface area contributed by atoms with Crippen molar-refractivity contribution in [2.75, 3.05) is 7.11 Å². The van der Waals surface area contributed by atoms with Crippen molar-refractivity contribution < 1.29 is 24.1 Å². The van der Waals surface area contributed by atoms with E-state index in [1.165, 1.54) is 19.2 Å². The SMILES string of the molecule is COc1cccc2c(=O)n(CC[C@H](C(=O)O)[C@H](O)CCc3ccc(-c4ccc(F)cc4)cc3)nnc12. The van der Waals surface area contributed by atoms with Crippen LogP contribution in [0.1, 0.15) is 18.4 Å². The molecule has 3 aromatic carbocycles. The summed E-state index contributed by atoms with van der Waals surface area (Å²) in [4.78, 5) is 24.6. The number of aliphatic hydroxyl groups is 1. The smallest absolute Gasteiger partial charge is 0.309 e. The van der Waals surface area contributed by atoms with Crippen LogP contribution in [0.25, 0.3) is 22.0 Å². The number of aliphatic hydroxyl groups excluding tert-OH is 1. The summed E-state index contributed by atoms with van der Waals surface area (Å²) in [5, 5.41) is 28.6. The van der Waals surface area contributed by atoms with Gasteiger partial charge >= 0.3 is 5.97 Å². The zero-order valence-electron chi connectivity index (χ0n) is 19.7. The number of carbonyl (C=O) groups is 1. The highest BCUT2D eigenvalue weighted by molar-refractivity contribution is 5.83. The highest BCUT2D eigenvalue weighted by atomic mass is 19.1. The maximum atomic E-state index is 13.1. The van der Waals surface area contributed by atoms with E-state index in [-0.39, 0.29) is 25.2 Å². The number of carboxylic acid groups (broad SMARTS) is 1. The standard InChI is InChI=1S/C27H26FN3O5/c1-36-24-4-2-3-22-25(24)29-30-31(26(22)33)16-15-21(27(34)35)23(32)14-7-17-5-8-18(9-6-17)19-10-12-20(28)13-11-19/h2-6,8-13,21,23,32H,7,14-16H2,1H3,(H,34,35)/t21-,23+/m0/s1. The molecule has 0 spiro atoms. The van der Waals surface area contributed by atoms with E-state index in [4.69, 9.17) is 4.74 Å². The number of ether oxygens (including phenoxy) is 1. The van der Waals surface area contributed by atoms with Crippen molar-refractivity contribution in [1.82, 2.24) is 15.0 Å². The van der Waals surface area contributed by atoms with Gasteiger partial charge in [0.05, 0.1) is 24.5 Å². The molecular formula is C27H26FN3O5. The average Bonchev–Trinajstić information content (AvgIpc) is 2.89. The molecule has 2 atom stereocenters. The van der Waals surface area contributed by atoms with Gasteiger partial charge in [0.1, 0.15) is 17.1 Å². The number of hydrogen-bond donors (Lipinski definition) is 2. The molecule has 0 amide bonds. The second-order valence-corrected chi connectivity index (χ2v) is 8.52.